The highest BCUT2D eigenvalue weighted by Gasteiger charge is 2.20. The van der Waals surface area contributed by atoms with Gasteiger partial charge in [-0.15, -0.1) is 11.6 Å². The van der Waals surface area contributed by atoms with Crippen molar-refractivity contribution in [1.29, 1.82) is 0 Å². The van der Waals surface area contributed by atoms with E-state index < -0.39 is 0 Å². The second-order valence-electron chi connectivity index (χ2n) is 4.48. The number of rotatable bonds is 2. The van der Waals surface area contributed by atoms with E-state index in [0.29, 0.717) is 18.3 Å². The van der Waals surface area contributed by atoms with Crippen LogP contribution in [-0.2, 0) is 12.4 Å². The predicted molar refractivity (Wildman–Crippen MR) is 79.6 cm³/mol. The number of aromatic nitrogens is 2. The number of para-hydroxylation sites is 1. The molecule has 1 aromatic heterocycles. The minimum Gasteiger partial charge on any atom is -0.491 e. The maximum atomic E-state index is 6.10. The number of fused-ring (bicyclic) bond motifs is 1. The Hall–Kier alpha value is -1.52. The van der Waals surface area contributed by atoms with Gasteiger partial charge in [-0.25, -0.2) is 9.97 Å². The first-order valence-corrected chi connectivity index (χ1v) is 7.22. The molecule has 6 heteroatoms. The van der Waals surface area contributed by atoms with E-state index >= 15 is 0 Å². The quantitative estimate of drug-likeness (QED) is 0.630. The molecule has 0 spiro atoms. The van der Waals surface area contributed by atoms with Crippen molar-refractivity contribution in [3.05, 3.63) is 46.9 Å². The van der Waals surface area contributed by atoms with Gasteiger partial charge in [0.1, 0.15) is 29.7 Å². The molecule has 3 rings (SSSR count). The monoisotopic (exact) mass is 309 g/mol. The molecular weight excluding hydrogens is 297 g/mol. The summed E-state index contributed by atoms with van der Waals surface area (Å²) >= 11 is 12.1. The van der Waals surface area contributed by atoms with E-state index in [4.69, 9.17) is 27.9 Å². The number of nitrogens with zero attached hydrogens (tertiary/aromatic N) is 3. The SMILES string of the molecule is ClCc1c(Cl)ncnc1N1CCOc2ccccc2C1. The van der Waals surface area contributed by atoms with Crippen molar-refractivity contribution in [3.63, 3.8) is 0 Å². The van der Waals surface area contributed by atoms with E-state index in [2.05, 4.69) is 20.9 Å². The Morgan fingerprint density at radius 1 is 1.25 bits per heavy atom. The van der Waals surface area contributed by atoms with E-state index in [1.54, 1.807) is 0 Å². The van der Waals surface area contributed by atoms with Crippen molar-refractivity contribution >= 4 is 29.0 Å². The van der Waals surface area contributed by atoms with Crippen molar-refractivity contribution in [2.75, 3.05) is 18.1 Å². The van der Waals surface area contributed by atoms with Crippen molar-refractivity contribution in [1.82, 2.24) is 9.97 Å². The third-order valence-corrected chi connectivity index (χ3v) is 3.85. The van der Waals surface area contributed by atoms with Crippen molar-refractivity contribution < 1.29 is 4.74 Å². The first-order valence-electron chi connectivity index (χ1n) is 6.30. The summed E-state index contributed by atoms with van der Waals surface area (Å²) in [6.07, 6.45) is 1.46. The van der Waals surface area contributed by atoms with E-state index in [0.717, 1.165) is 29.2 Å². The lowest BCUT2D eigenvalue weighted by molar-refractivity contribution is 0.331. The molecule has 2 aromatic rings. The third-order valence-electron chi connectivity index (χ3n) is 3.26. The lowest BCUT2D eigenvalue weighted by Crippen LogP contribution is -2.27. The molecule has 4 nitrogen and oxygen atoms in total. The molecule has 104 valence electrons. The summed E-state index contributed by atoms with van der Waals surface area (Å²) in [7, 11) is 0. The fourth-order valence-corrected chi connectivity index (χ4v) is 2.79. The van der Waals surface area contributed by atoms with E-state index in [1.807, 2.05) is 18.2 Å². The van der Waals surface area contributed by atoms with Crippen LogP contribution in [0.25, 0.3) is 0 Å². The van der Waals surface area contributed by atoms with Gasteiger partial charge in [0.05, 0.1) is 12.4 Å². The normalized spacial score (nSPS) is 14.4. The highest BCUT2D eigenvalue weighted by atomic mass is 35.5. The van der Waals surface area contributed by atoms with Gasteiger partial charge in [-0.1, -0.05) is 29.8 Å². The molecule has 20 heavy (non-hydrogen) atoms. The number of hydrogen-bond acceptors (Lipinski definition) is 4. The molecule has 0 atom stereocenters. The average Bonchev–Trinajstić information content (AvgIpc) is 2.69. The molecule has 0 amide bonds. The average molecular weight is 310 g/mol. The molecule has 0 aliphatic carbocycles. The second kappa shape index (κ2) is 5.85. The fourth-order valence-electron chi connectivity index (χ4n) is 2.28. The standard InChI is InChI=1S/C14H13Cl2N3O/c15-7-11-13(16)17-9-18-14(11)19-5-6-20-12-4-2-1-3-10(12)8-19/h1-4,9H,5-8H2. The zero-order chi connectivity index (χ0) is 13.9. The van der Waals surface area contributed by atoms with E-state index in [9.17, 15) is 0 Å². The third kappa shape index (κ3) is 2.53. The molecule has 0 saturated carbocycles. The van der Waals surface area contributed by atoms with Gasteiger partial charge in [-0.3, -0.25) is 0 Å². The zero-order valence-electron chi connectivity index (χ0n) is 10.7. The van der Waals surface area contributed by atoms with Gasteiger partial charge >= 0.3 is 0 Å². The summed E-state index contributed by atoms with van der Waals surface area (Å²) < 4.78 is 5.75. The molecule has 0 radical (unpaired) electrons. The van der Waals surface area contributed by atoms with Crippen molar-refractivity contribution in [3.8, 4) is 5.75 Å². The minimum atomic E-state index is 0.286. The van der Waals surface area contributed by atoms with Crippen LogP contribution in [0.15, 0.2) is 30.6 Å². The minimum absolute atomic E-state index is 0.286. The Morgan fingerprint density at radius 2 is 2.10 bits per heavy atom. The second-order valence-corrected chi connectivity index (χ2v) is 5.10. The maximum absolute atomic E-state index is 6.10. The van der Waals surface area contributed by atoms with Crippen LogP contribution in [0.3, 0.4) is 0 Å². The Bertz CT molecular complexity index is 621. The van der Waals surface area contributed by atoms with Crippen LogP contribution in [0.4, 0.5) is 5.82 Å². The maximum Gasteiger partial charge on any atom is 0.138 e. The molecular formula is C14H13Cl2N3O. The molecule has 1 aromatic carbocycles. The number of benzene rings is 1. The van der Waals surface area contributed by atoms with Crippen LogP contribution in [0.2, 0.25) is 5.15 Å². The number of halogens is 2. The number of ether oxygens (including phenoxy) is 1. The molecule has 0 bridgehead atoms. The fraction of sp³-hybridized carbons (Fsp3) is 0.286. The molecule has 1 aliphatic rings. The van der Waals surface area contributed by atoms with Crippen LogP contribution in [0, 0.1) is 0 Å². The smallest absolute Gasteiger partial charge is 0.138 e. The Kier molecular flexibility index (Phi) is 3.94. The van der Waals surface area contributed by atoms with Crippen molar-refractivity contribution in [2.24, 2.45) is 0 Å². The lowest BCUT2D eigenvalue weighted by Gasteiger charge is -2.23. The highest BCUT2D eigenvalue weighted by molar-refractivity contribution is 6.31. The topological polar surface area (TPSA) is 38.2 Å². The molecule has 0 saturated heterocycles. The summed E-state index contributed by atoms with van der Waals surface area (Å²) in [5.41, 5.74) is 1.88. The van der Waals surface area contributed by atoms with Crippen LogP contribution in [0.1, 0.15) is 11.1 Å². The first kappa shape index (κ1) is 13.5. The van der Waals surface area contributed by atoms with Gasteiger partial charge in [0, 0.05) is 17.7 Å². The van der Waals surface area contributed by atoms with Crippen LogP contribution < -0.4 is 9.64 Å². The summed E-state index contributed by atoms with van der Waals surface area (Å²) in [5.74, 6) is 1.98. The summed E-state index contributed by atoms with van der Waals surface area (Å²) in [6, 6.07) is 8.01. The Morgan fingerprint density at radius 3 is 2.95 bits per heavy atom. The van der Waals surface area contributed by atoms with Crippen LogP contribution in [-0.4, -0.2) is 23.1 Å². The van der Waals surface area contributed by atoms with Gasteiger partial charge in [-0.05, 0) is 6.07 Å². The van der Waals surface area contributed by atoms with E-state index in [-0.39, 0.29) is 5.88 Å². The largest absolute Gasteiger partial charge is 0.491 e. The van der Waals surface area contributed by atoms with Crippen LogP contribution >= 0.6 is 23.2 Å². The molecule has 0 N–H and O–H groups in total. The number of hydrogen-bond donors (Lipinski definition) is 0. The first-order chi connectivity index (χ1) is 9.79. The predicted octanol–water partition coefficient (Wildman–Crippen LogP) is 3.27. The van der Waals surface area contributed by atoms with Crippen molar-refractivity contribution in [2.45, 2.75) is 12.4 Å². The van der Waals surface area contributed by atoms with Gasteiger partial charge < -0.3 is 9.64 Å². The highest BCUT2D eigenvalue weighted by Crippen LogP contribution is 2.29. The lowest BCUT2D eigenvalue weighted by atomic mass is 10.2. The van der Waals surface area contributed by atoms with Crippen LogP contribution in [0.5, 0.6) is 5.75 Å². The van der Waals surface area contributed by atoms with Gasteiger partial charge in [0.25, 0.3) is 0 Å². The zero-order valence-corrected chi connectivity index (χ0v) is 12.2. The molecule has 0 unspecified atom stereocenters. The Labute approximate surface area is 127 Å². The number of alkyl halides is 1. The molecule has 0 fully saturated rings. The Balaban J connectivity index is 1.98. The van der Waals surface area contributed by atoms with Gasteiger partial charge in [0.2, 0.25) is 0 Å². The summed E-state index contributed by atoms with van der Waals surface area (Å²) in [4.78, 5) is 10.4. The summed E-state index contributed by atoms with van der Waals surface area (Å²) in [6.45, 7) is 2.04. The summed E-state index contributed by atoms with van der Waals surface area (Å²) in [5, 5.41) is 0.406. The van der Waals surface area contributed by atoms with E-state index in [1.165, 1.54) is 6.33 Å². The van der Waals surface area contributed by atoms with Gasteiger partial charge in [-0.2, -0.15) is 0 Å². The molecule has 1 aliphatic heterocycles. The number of anilines is 1. The molecule has 2 heterocycles. The van der Waals surface area contributed by atoms with Gasteiger partial charge in [0.15, 0.2) is 0 Å².